The maximum atomic E-state index is 12.8. The zero-order chi connectivity index (χ0) is 20.8. The smallest absolute Gasteiger partial charge is 0.307 e. The van der Waals surface area contributed by atoms with Gasteiger partial charge in [0.2, 0.25) is 5.91 Å². The Morgan fingerprint density at radius 1 is 1.28 bits per heavy atom. The number of hydrogen-bond acceptors (Lipinski definition) is 5. The van der Waals surface area contributed by atoms with Crippen LogP contribution in [0.1, 0.15) is 41.2 Å². The summed E-state index contributed by atoms with van der Waals surface area (Å²) in [5, 5.41) is 2.99. The Morgan fingerprint density at radius 2 is 2.03 bits per heavy atom. The molecule has 1 aromatic heterocycles. The second kappa shape index (κ2) is 9.73. The lowest BCUT2D eigenvalue weighted by Crippen LogP contribution is -2.44. The fraction of sp³-hybridized carbons (Fsp3) is 0.381. The number of halogens is 1. The Balaban J connectivity index is 1.61. The molecular weight excluding hydrogens is 440 g/mol. The summed E-state index contributed by atoms with van der Waals surface area (Å²) in [7, 11) is 1.33. The van der Waals surface area contributed by atoms with Gasteiger partial charge in [0.15, 0.2) is 0 Å². The van der Waals surface area contributed by atoms with Crippen molar-refractivity contribution in [3.63, 3.8) is 0 Å². The normalized spacial score (nSPS) is 15.6. The van der Waals surface area contributed by atoms with Crippen molar-refractivity contribution in [3.8, 4) is 0 Å². The standard InChI is InChI=1S/C21H23BrN2O5/c1-28-19(25)12-18(15-3-2-4-17(22)11-15)23-20(26)14-5-8-24(9-6-14)21(27)16-7-10-29-13-16/h2-4,7,10-11,13-14,18H,5-6,8-9,12H2,1H3,(H,23,26). The summed E-state index contributed by atoms with van der Waals surface area (Å²) >= 11 is 3.42. The summed E-state index contributed by atoms with van der Waals surface area (Å²) in [4.78, 5) is 38.8. The second-order valence-corrected chi connectivity index (χ2v) is 7.89. The van der Waals surface area contributed by atoms with Crippen LogP contribution in [0, 0.1) is 5.92 Å². The second-order valence-electron chi connectivity index (χ2n) is 6.97. The van der Waals surface area contributed by atoms with Crippen LogP contribution in [0.15, 0.2) is 51.7 Å². The van der Waals surface area contributed by atoms with Crippen LogP contribution >= 0.6 is 15.9 Å². The number of methoxy groups -OCH3 is 1. The van der Waals surface area contributed by atoms with Crippen molar-refractivity contribution < 1.29 is 23.5 Å². The topological polar surface area (TPSA) is 88.9 Å². The van der Waals surface area contributed by atoms with Crippen molar-refractivity contribution in [1.29, 1.82) is 0 Å². The Hall–Kier alpha value is -2.61. The molecule has 2 amide bonds. The average Bonchev–Trinajstić information content (AvgIpc) is 3.27. The third kappa shape index (κ3) is 5.47. The third-order valence-electron chi connectivity index (χ3n) is 5.09. The minimum atomic E-state index is -0.474. The van der Waals surface area contributed by atoms with Crippen LogP contribution in [0.5, 0.6) is 0 Å². The van der Waals surface area contributed by atoms with Crippen LogP contribution in [0.3, 0.4) is 0 Å². The molecule has 7 nitrogen and oxygen atoms in total. The Morgan fingerprint density at radius 3 is 2.66 bits per heavy atom. The highest BCUT2D eigenvalue weighted by atomic mass is 79.9. The van der Waals surface area contributed by atoms with Crippen molar-refractivity contribution in [1.82, 2.24) is 10.2 Å². The molecule has 1 atom stereocenters. The molecule has 29 heavy (non-hydrogen) atoms. The number of nitrogens with one attached hydrogen (secondary N) is 1. The highest BCUT2D eigenvalue weighted by Gasteiger charge is 2.30. The predicted molar refractivity (Wildman–Crippen MR) is 109 cm³/mol. The summed E-state index contributed by atoms with van der Waals surface area (Å²) in [5.41, 5.74) is 1.34. The molecule has 2 heterocycles. The van der Waals surface area contributed by atoms with E-state index in [-0.39, 0.29) is 24.2 Å². The van der Waals surface area contributed by atoms with Gasteiger partial charge in [0.1, 0.15) is 6.26 Å². The van der Waals surface area contributed by atoms with Crippen molar-refractivity contribution in [2.45, 2.75) is 25.3 Å². The van der Waals surface area contributed by atoms with Gasteiger partial charge in [0.25, 0.3) is 5.91 Å². The van der Waals surface area contributed by atoms with Crippen molar-refractivity contribution in [3.05, 3.63) is 58.5 Å². The molecule has 0 radical (unpaired) electrons. The molecule has 1 N–H and O–H groups in total. The van der Waals surface area contributed by atoms with Gasteiger partial charge in [-0.05, 0) is 36.6 Å². The summed E-state index contributed by atoms with van der Waals surface area (Å²) in [6.07, 6.45) is 4.08. The van der Waals surface area contributed by atoms with E-state index in [2.05, 4.69) is 21.2 Å². The van der Waals surface area contributed by atoms with Crippen molar-refractivity contribution in [2.24, 2.45) is 5.92 Å². The number of ether oxygens (including phenoxy) is 1. The van der Waals surface area contributed by atoms with E-state index in [1.807, 2.05) is 24.3 Å². The molecule has 8 heteroatoms. The first kappa shape index (κ1) is 21.1. The lowest BCUT2D eigenvalue weighted by atomic mass is 9.94. The summed E-state index contributed by atoms with van der Waals surface area (Å²) in [6.45, 7) is 1.00. The molecular formula is C21H23BrN2O5. The van der Waals surface area contributed by atoms with Gasteiger partial charge in [-0.25, -0.2) is 0 Å². The minimum absolute atomic E-state index is 0.0521. The van der Waals surface area contributed by atoms with Gasteiger partial charge >= 0.3 is 5.97 Å². The number of nitrogens with zero attached hydrogens (tertiary/aromatic N) is 1. The molecule has 0 saturated carbocycles. The molecule has 1 aromatic carbocycles. The first-order valence-electron chi connectivity index (χ1n) is 9.42. The Labute approximate surface area is 177 Å². The summed E-state index contributed by atoms with van der Waals surface area (Å²) in [6, 6.07) is 8.64. The largest absolute Gasteiger partial charge is 0.472 e. The zero-order valence-corrected chi connectivity index (χ0v) is 17.7. The van der Waals surface area contributed by atoms with Crippen LogP contribution in [0.2, 0.25) is 0 Å². The molecule has 3 rings (SSSR count). The van der Waals surface area contributed by atoms with Gasteiger partial charge < -0.3 is 19.4 Å². The molecule has 1 saturated heterocycles. The monoisotopic (exact) mass is 462 g/mol. The molecule has 1 unspecified atom stereocenters. The number of carbonyl (C=O) groups excluding carboxylic acids is 3. The molecule has 0 aliphatic carbocycles. The average molecular weight is 463 g/mol. The van der Waals surface area contributed by atoms with Gasteiger partial charge in [0.05, 0.1) is 31.4 Å². The third-order valence-corrected chi connectivity index (χ3v) is 5.58. The highest BCUT2D eigenvalue weighted by molar-refractivity contribution is 9.10. The number of furan rings is 1. The van der Waals surface area contributed by atoms with Gasteiger partial charge in [0, 0.05) is 23.5 Å². The van der Waals surface area contributed by atoms with Crippen molar-refractivity contribution >= 4 is 33.7 Å². The Bertz CT molecular complexity index is 860. The molecule has 0 spiro atoms. The molecule has 1 aliphatic rings. The van der Waals surface area contributed by atoms with E-state index in [1.165, 1.54) is 19.6 Å². The number of esters is 1. The van der Waals surface area contributed by atoms with Crippen LogP contribution < -0.4 is 5.32 Å². The number of amides is 2. The van der Waals surface area contributed by atoms with E-state index >= 15 is 0 Å². The van der Waals surface area contributed by atoms with Crippen LogP contribution in [-0.4, -0.2) is 42.9 Å². The fourth-order valence-electron chi connectivity index (χ4n) is 3.43. The first-order chi connectivity index (χ1) is 14.0. The number of hydrogen-bond donors (Lipinski definition) is 1. The quantitative estimate of drug-likeness (QED) is 0.665. The van der Waals surface area contributed by atoms with Gasteiger partial charge in [-0.3, -0.25) is 14.4 Å². The van der Waals surface area contributed by atoms with Gasteiger partial charge in [-0.1, -0.05) is 28.1 Å². The van der Waals surface area contributed by atoms with Crippen LogP contribution in [-0.2, 0) is 14.3 Å². The SMILES string of the molecule is COC(=O)CC(NC(=O)C1CCN(C(=O)c2ccoc2)CC1)c1cccc(Br)c1. The number of benzene rings is 1. The first-order valence-corrected chi connectivity index (χ1v) is 10.2. The van der Waals surface area contributed by atoms with Gasteiger partial charge in [-0.2, -0.15) is 0 Å². The Kier molecular flexibility index (Phi) is 7.09. The molecule has 154 valence electrons. The minimum Gasteiger partial charge on any atom is -0.472 e. The lowest BCUT2D eigenvalue weighted by Gasteiger charge is -2.32. The van der Waals surface area contributed by atoms with E-state index < -0.39 is 12.0 Å². The van der Waals surface area contributed by atoms with E-state index in [1.54, 1.807) is 11.0 Å². The summed E-state index contributed by atoms with van der Waals surface area (Å²) < 4.78 is 10.6. The fourth-order valence-corrected chi connectivity index (χ4v) is 3.85. The van der Waals surface area contributed by atoms with E-state index in [4.69, 9.17) is 9.15 Å². The number of carbonyl (C=O) groups is 3. The number of likely N-dealkylation sites (tertiary alicyclic amines) is 1. The molecule has 0 bridgehead atoms. The van der Waals surface area contributed by atoms with Crippen LogP contribution in [0.25, 0.3) is 0 Å². The van der Waals surface area contributed by atoms with Crippen LogP contribution in [0.4, 0.5) is 0 Å². The van der Waals surface area contributed by atoms with E-state index in [0.29, 0.717) is 31.5 Å². The van der Waals surface area contributed by atoms with E-state index in [9.17, 15) is 14.4 Å². The summed E-state index contributed by atoms with van der Waals surface area (Å²) in [5.74, 6) is -0.809. The lowest BCUT2D eigenvalue weighted by molar-refractivity contribution is -0.141. The van der Waals surface area contributed by atoms with Crippen molar-refractivity contribution in [2.75, 3.05) is 20.2 Å². The molecule has 1 fully saturated rings. The molecule has 1 aliphatic heterocycles. The molecule has 2 aromatic rings. The number of piperidine rings is 1. The number of rotatable bonds is 6. The van der Waals surface area contributed by atoms with Gasteiger partial charge in [-0.15, -0.1) is 0 Å². The highest BCUT2D eigenvalue weighted by Crippen LogP contribution is 2.24. The predicted octanol–water partition coefficient (Wildman–Crippen LogP) is 3.31. The van der Waals surface area contributed by atoms with E-state index in [0.717, 1.165) is 10.0 Å². The zero-order valence-electron chi connectivity index (χ0n) is 16.1. The maximum Gasteiger partial charge on any atom is 0.307 e. The maximum absolute atomic E-state index is 12.8.